The van der Waals surface area contributed by atoms with Crippen LogP contribution in [0.4, 0.5) is 4.79 Å². The number of aliphatic carboxylic acids is 1. The van der Waals surface area contributed by atoms with E-state index in [4.69, 9.17) is 5.11 Å². The summed E-state index contributed by atoms with van der Waals surface area (Å²) < 4.78 is 0. The molecule has 3 N–H and O–H groups in total. The van der Waals surface area contributed by atoms with E-state index >= 15 is 0 Å². The van der Waals surface area contributed by atoms with Crippen molar-refractivity contribution in [3.63, 3.8) is 0 Å². The molecule has 1 aliphatic carbocycles. The van der Waals surface area contributed by atoms with E-state index in [1.54, 1.807) is 0 Å². The predicted octanol–water partition coefficient (Wildman–Crippen LogP) is 2.97. The van der Waals surface area contributed by atoms with Crippen LogP contribution in [0.25, 0.3) is 0 Å². The number of aryl methyl sites for hydroxylation is 1. The number of nitrogens with one attached hydrogen (secondary N) is 2. The molecule has 0 atom stereocenters. The molecule has 0 bridgehead atoms. The van der Waals surface area contributed by atoms with Crippen molar-refractivity contribution in [1.82, 2.24) is 10.6 Å². The Morgan fingerprint density at radius 2 is 1.96 bits per heavy atom. The molecule has 0 spiro atoms. The number of hydrogen-bond donors (Lipinski definition) is 3. The minimum Gasteiger partial charge on any atom is -0.481 e. The second-order valence-corrected chi connectivity index (χ2v) is 6.46. The largest absolute Gasteiger partial charge is 0.481 e. The lowest BCUT2D eigenvalue weighted by Crippen LogP contribution is -2.44. The fourth-order valence-corrected chi connectivity index (χ4v) is 3.35. The third kappa shape index (κ3) is 4.98. The molecular weight excluding hydrogens is 292 g/mol. The zero-order chi connectivity index (χ0) is 16.7. The van der Waals surface area contributed by atoms with E-state index in [1.165, 1.54) is 24.0 Å². The van der Waals surface area contributed by atoms with Crippen molar-refractivity contribution >= 4 is 12.0 Å². The monoisotopic (exact) mass is 318 g/mol. The number of benzene rings is 1. The molecule has 23 heavy (non-hydrogen) atoms. The molecule has 126 valence electrons. The number of urea groups is 1. The molecular formula is C18H26N2O3. The van der Waals surface area contributed by atoms with Crippen molar-refractivity contribution in [3.8, 4) is 0 Å². The molecule has 0 aliphatic heterocycles. The van der Waals surface area contributed by atoms with Gasteiger partial charge in [0.15, 0.2) is 0 Å². The Morgan fingerprint density at radius 1 is 1.22 bits per heavy atom. The van der Waals surface area contributed by atoms with E-state index in [0.29, 0.717) is 19.5 Å². The first-order chi connectivity index (χ1) is 11.0. The van der Waals surface area contributed by atoms with Gasteiger partial charge in [-0.2, -0.15) is 0 Å². The van der Waals surface area contributed by atoms with Crippen LogP contribution in [0.1, 0.15) is 49.7 Å². The Hall–Kier alpha value is -2.04. The van der Waals surface area contributed by atoms with Gasteiger partial charge in [-0.25, -0.2) is 4.79 Å². The Labute approximate surface area is 137 Å². The van der Waals surface area contributed by atoms with Crippen LogP contribution in [-0.2, 0) is 10.2 Å². The van der Waals surface area contributed by atoms with Crippen molar-refractivity contribution in [2.75, 3.05) is 13.1 Å². The van der Waals surface area contributed by atoms with Crippen LogP contribution < -0.4 is 10.6 Å². The number of carbonyl (C=O) groups is 2. The summed E-state index contributed by atoms with van der Waals surface area (Å²) in [6, 6.07) is 8.34. The maximum atomic E-state index is 11.9. The average Bonchev–Trinajstić information content (AvgIpc) is 3.00. The highest BCUT2D eigenvalue weighted by atomic mass is 16.4. The molecule has 1 aromatic rings. The zero-order valence-corrected chi connectivity index (χ0v) is 13.7. The quantitative estimate of drug-likeness (QED) is 0.676. The summed E-state index contributed by atoms with van der Waals surface area (Å²) >= 11 is 0. The van der Waals surface area contributed by atoms with Crippen LogP contribution in [0.2, 0.25) is 0 Å². The minimum atomic E-state index is -0.837. The summed E-state index contributed by atoms with van der Waals surface area (Å²) in [5, 5.41) is 14.3. The molecule has 1 saturated carbocycles. The van der Waals surface area contributed by atoms with E-state index in [0.717, 1.165) is 12.8 Å². The van der Waals surface area contributed by atoms with E-state index in [9.17, 15) is 9.59 Å². The first-order valence-electron chi connectivity index (χ1n) is 8.32. The summed E-state index contributed by atoms with van der Waals surface area (Å²) in [6.07, 6.45) is 5.09. The topological polar surface area (TPSA) is 78.4 Å². The van der Waals surface area contributed by atoms with Gasteiger partial charge in [0.25, 0.3) is 0 Å². The maximum absolute atomic E-state index is 11.9. The summed E-state index contributed by atoms with van der Waals surface area (Å²) in [6.45, 7) is 3.10. The highest BCUT2D eigenvalue weighted by Gasteiger charge is 2.35. The van der Waals surface area contributed by atoms with E-state index in [1.807, 2.05) is 0 Å². The van der Waals surface area contributed by atoms with E-state index in [2.05, 4.69) is 41.8 Å². The number of carbonyl (C=O) groups excluding carboxylic acids is 1. The Kier molecular flexibility index (Phi) is 6.02. The summed E-state index contributed by atoms with van der Waals surface area (Å²) in [5.41, 5.74) is 2.58. The lowest BCUT2D eigenvalue weighted by molar-refractivity contribution is -0.137. The number of hydrogen-bond acceptors (Lipinski definition) is 2. The van der Waals surface area contributed by atoms with Gasteiger partial charge in [-0.1, -0.05) is 42.7 Å². The minimum absolute atomic E-state index is 0.0322. The number of carboxylic acid groups (broad SMARTS) is 1. The number of rotatable bonds is 7. The summed E-state index contributed by atoms with van der Waals surface area (Å²) in [4.78, 5) is 22.4. The first-order valence-corrected chi connectivity index (χ1v) is 8.32. The molecule has 0 aromatic heterocycles. The van der Waals surface area contributed by atoms with Gasteiger partial charge in [0.1, 0.15) is 0 Å². The van der Waals surface area contributed by atoms with Gasteiger partial charge in [-0.05, 0) is 31.7 Å². The lowest BCUT2D eigenvalue weighted by Gasteiger charge is -2.30. The highest BCUT2D eigenvalue weighted by Crippen LogP contribution is 2.40. The molecule has 1 fully saturated rings. The van der Waals surface area contributed by atoms with Crippen molar-refractivity contribution in [3.05, 3.63) is 35.4 Å². The van der Waals surface area contributed by atoms with E-state index < -0.39 is 5.97 Å². The fraction of sp³-hybridized carbons (Fsp3) is 0.556. The summed E-state index contributed by atoms with van der Waals surface area (Å²) in [5.74, 6) is -0.837. The molecule has 0 heterocycles. The molecule has 2 rings (SSSR count). The molecule has 1 aliphatic rings. The SMILES string of the molecule is Cc1cccc(C2(CNC(=O)NCCCC(=O)O)CCCC2)c1. The predicted molar refractivity (Wildman–Crippen MR) is 89.6 cm³/mol. The Bertz CT molecular complexity index is 551. The Balaban J connectivity index is 1.88. The molecule has 1 aromatic carbocycles. The maximum Gasteiger partial charge on any atom is 0.314 e. The molecule has 5 nitrogen and oxygen atoms in total. The van der Waals surface area contributed by atoms with Crippen molar-refractivity contribution in [2.24, 2.45) is 0 Å². The van der Waals surface area contributed by atoms with Crippen molar-refractivity contribution in [2.45, 2.75) is 50.9 Å². The smallest absolute Gasteiger partial charge is 0.314 e. The normalized spacial score (nSPS) is 16.0. The Morgan fingerprint density at radius 3 is 2.61 bits per heavy atom. The molecule has 5 heteroatoms. The van der Waals surface area contributed by atoms with Crippen LogP contribution in [0.5, 0.6) is 0 Å². The molecule has 2 amide bonds. The van der Waals surface area contributed by atoms with Gasteiger partial charge >= 0.3 is 12.0 Å². The van der Waals surface area contributed by atoms with Gasteiger partial charge in [0.05, 0.1) is 0 Å². The van der Waals surface area contributed by atoms with Crippen molar-refractivity contribution in [1.29, 1.82) is 0 Å². The van der Waals surface area contributed by atoms with Crippen LogP contribution >= 0.6 is 0 Å². The number of amides is 2. The second-order valence-electron chi connectivity index (χ2n) is 6.46. The fourth-order valence-electron chi connectivity index (χ4n) is 3.35. The zero-order valence-electron chi connectivity index (χ0n) is 13.7. The van der Waals surface area contributed by atoms with Gasteiger partial charge in [-0.15, -0.1) is 0 Å². The van der Waals surface area contributed by atoms with E-state index in [-0.39, 0.29) is 17.9 Å². The second kappa shape index (κ2) is 7.99. The summed E-state index contributed by atoms with van der Waals surface area (Å²) in [7, 11) is 0. The lowest BCUT2D eigenvalue weighted by atomic mass is 9.78. The number of carboxylic acids is 1. The van der Waals surface area contributed by atoms with Crippen LogP contribution in [0.15, 0.2) is 24.3 Å². The third-order valence-electron chi connectivity index (χ3n) is 4.63. The molecule has 0 saturated heterocycles. The standard InChI is InChI=1S/C18H26N2O3/c1-14-6-4-7-15(12-14)18(9-2-3-10-18)13-20-17(23)19-11-5-8-16(21)22/h4,6-7,12H,2-3,5,8-11,13H2,1H3,(H,21,22)(H2,19,20,23). The van der Waals surface area contributed by atoms with Gasteiger partial charge < -0.3 is 15.7 Å². The highest BCUT2D eigenvalue weighted by molar-refractivity contribution is 5.74. The average molecular weight is 318 g/mol. The van der Waals surface area contributed by atoms with Crippen molar-refractivity contribution < 1.29 is 14.7 Å². The molecule has 0 unspecified atom stereocenters. The molecule has 0 radical (unpaired) electrons. The van der Waals surface area contributed by atoms with Crippen LogP contribution in [0, 0.1) is 6.92 Å². The van der Waals surface area contributed by atoms with Gasteiger partial charge in [-0.3, -0.25) is 4.79 Å². The van der Waals surface area contributed by atoms with Crippen LogP contribution in [0.3, 0.4) is 0 Å². The first kappa shape index (κ1) is 17.3. The third-order valence-corrected chi connectivity index (χ3v) is 4.63. The van der Waals surface area contributed by atoms with Gasteiger partial charge in [0.2, 0.25) is 0 Å². The van der Waals surface area contributed by atoms with Crippen LogP contribution in [-0.4, -0.2) is 30.2 Å². The van der Waals surface area contributed by atoms with Gasteiger partial charge in [0, 0.05) is 24.9 Å².